The minimum Gasteiger partial charge on any atom is -0.295 e. The zero-order valence-corrected chi connectivity index (χ0v) is 8.89. The van der Waals surface area contributed by atoms with Gasteiger partial charge in [-0.2, -0.15) is 0 Å². The standard InChI is InChI=1S/C13H16O/c1-4-13-6-5-10(14)9-11(13)12(2,3)7-8-13/h1,9H,5-8H2,2-3H3. The van der Waals surface area contributed by atoms with Gasteiger partial charge in [-0.25, -0.2) is 0 Å². The first-order valence-electron chi connectivity index (χ1n) is 5.23. The maximum Gasteiger partial charge on any atom is 0.155 e. The highest BCUT2D eigenvalue weighted by Gasteiger charge is 2.48. The molecule has 0 radical (unpaired) electrons. The Morgan fingerprint density at radius 2 is 2.07 bits per heavy atom. The summed E-state index contributed by atoms with van der Waals surface area (Å²) in [5.74, 6) is 3.19. The summed E-state index contributed by atoms with van der Waals surface area (Å²) in [6.07, 6.45) is 11.1. The number of rotatable bonds is 0. The molecule has 0 amide bonds. The second-order valence-electron chi connectivity index (χ2n) is 5.13. The van der Waals surface area contributed by atoms with Gasteiger partial charge in [-0.3, -0.25) is 4.79 Å². The van der Waals surface area contributed by atoms with Gasteiger partial charge in [-0.1, -0.05) is 19.8 Å². The van der Waals surface area contributed by atoms with E-state index in [1.807, 2.05) is 6.08 Å². The van der Waals surface area contributed by atoms with Crippen LogP contribution in [0.4, 0.5) is 0 Å². The molecule has 74 valence electrons. The first-order chi connectivity index (χ1) is 6.50. The number of hydrogen-bond acceptors (Lipinski definition) is 1. The van der Waals surface area contributed by atoms with E-state index in [1.165, 1.54) is 5.57 Å². The number of fused-ring (bicyclic) bond motifs is 1. The molecule has 2 aliphatic carbocycles. The van der Waals surface area contributed by atoms with E-state index in [2.05, 4.69) is 19.8 Å². The van der Waals surface area contributed by atoms with Crippen LogP contribution in [0.15, 0.2) is 11.6 Å². The van der Waals surface area contributed by atoms with E-state index in [0.717, 1.165) is 19.3 Å². The zero-order chi connectivity index (χ0) is 10.4. The van der Waals surface area contributed by atoms with E-state index in [-0.39, 0.29) is 16.6 Å². The Morgan fingerprint density at radius 1 is 1.36 bits per heavy atom. The molecule has 0 aromatic carbocycles. The summed E-state index contributed by atoms with van der Waals surface area (Å²) in [5, 5.41) is 0. The molecular weight excluding hydrogens is 172 g/mol. The van der Waals surface area contributed by atoms with Crippen LogP contribution < -0.4 is 0 Å². The molecule has 0 saturated heterocycles. The lowest BCUT2D eigenvalue weighted by atomic mass is 9.70. The molecular formula is C13H16O. The highest BCUT2D eigenvalue weighted by atomic mass is 16.1. The second kappa shape index (κ2) is 2.73. The van der Waals surface area contributed by atoms with Crippen LogP contribution in [0, 0.1) is 23.2 Å². The smallest absolute Gasteiger partial charge is 0.155 e. The van der Waals surface area contributed by atoms with Crippen LogP contribution in [0.2, 0.25) is 0 Å². The third kappa shape index (κ3) is 1.14. The number of ketones is 1. The normalized spacial score (nSPS) is 34.6. The number of terminal acetylenes is 1. The van der Waals surface area contributed by atoms with E-state index in [9.17, 15) is 4.79 Å². The summed E-state index contributed by atoms with van der Waals surface area (Å²) < 4.78 is 0. The lowest BCUT2D eigenvalue weighted by molar-refractivity contribution is -0.115. The minimum atomic E-state index is -0.0859. The van der Waals surface area contributed by atoms with Crippen LogP contribution in [0.25, 0.3) is 0 Å². The lowest BCUT2D eigenvalue weighted by Gasteiger charge is -2.32. The largest absolute Gasteiger partial charge is 0.295 e. The SMILES string of the molecule is C#CC12CCC(=O)C=C1C(C)(C)CC2. The highest BCUT2D eigenvalue weighted by Crippen LogP contribution is 2.57. The van der Waals surface area contributed by atoms with Crippen molar-refractivity contribution in [2.75, 3.05) is 0 Å². The fourth-order valence-corrected chi connectivity index (χ4v) is 2.83. The quantitative estimate of drug-likeness (QED) is 0.534. The molecule has 2 rings (SSSR count). The van der Waals surface area contributed by atoms with Gasteiger partial charge in [0.15, 0.2) is 5.78 Å². The molecule has 0 aromatic rings. The fourth-order valence-electron chi connectivity index (χ4n) is 2.83. The molecule has 0 bridgehead atoms. The average Bonchev–Trinajstić information content (AvgIpc) is 2.41. The van der Waals surface area contributed by atoms with Gasteiger partial charge < -0.3 is 0 Å². The summed E-state index contributed by atoms with van der Waals surface area (Å²) >= 11 is 0. The molecule has 0 spiro atoms. The molecule has 1 saturated carbocycles. The Kier molecular flexibility index (Phi) is 1.86. The molecule has 1 nitrogen and oxygen atoms in total. The van der Waals surface area contributed by atoms with Crippen molar-refractivity contribution in [2.45, 2.75) is 39.5 Å². The Labute approximate surface area is 85.6 Å². The Bertz CT molecular complexity index is 354. The summed E-state index contributed by atoms with van der Waals surface area (Å²) in [6.45, 7) is 4.38. The van der Waals surface area contributed by atoms with Crippen molar-refractivity contribution in [1.82, 2.24) is 0 Å². The molecule has 0 aliphatic heterocycles. The summed E-state index contributed by atoms with van der Waals surface area (Å²) in [7, 11) is 0. The second-order valence-corrected chi connectivity index (χ2v) is 5.13. The molecule has 0 N–H and O–H groups in total. The number of allylic oxidation sites excluding steroid dienone is 2. The number of carbonyl (C=O) groups is 1. The summed E-state index contributed by atoms with van der Waals surface area (Å²) in [5.41, 5.74) is 1.25. The van der Waals surface area contributed by atoms with Gasteiger partial charge >= 0.3 is 0 Å². The molecule has 0 heterocycles. The van der Waals surface area contributed by atoms with E-state index in [0.29, 0.717) is 6.42 Å². The van der Waals surface area contributed by atoms with Gasteiger partial charge in [-0.15, -0.1) is 6.42 Å². The molecule has 2 aliphatic rings. The zero-order valence-electron chi connectivity index (χ0n) is 8.89. The Hall–Kier alpha value is -1.03. The van der Waals surface area contributed by atoms with Gasteiger partial charge in [0.2, 0.25) is 0 Å². The van der Waals surface area contributed by atoms with Crippen molar-refractivity contribution in [3.8, 4) is 12.3 Å². The van der Waals surface area contributed by atoms with Crippen LogP contribution in [-0.2, 0) is 4.79 Å². The molecule has 1 fully saturated rings. The highest BCUT2D eigenvalue weighted by molar-refractivity contribution is 5.92. The van der Waals surface area contributed by atoms with Gasteiger partial charge in [0.05, 0.1) is 5.41 Å². The van der Waals surface area contributed by atoms with E-state index in [1.54, 1.807) is 0 Å². The van der Waals surface area contributed by atoms with Crippen LogP contribution in [0.1, 0.15) is 39.5 Å². The van der Waals surface area contributed by atoms with E-state index >= 15 is 0 Å². The monoisotopic (exact) mass is 188 g/mol. The van der Waals surface area contributed by atoms with Crippen molar-refractivity contribution in [2.24, 2.45) is 10.8 Å². The number of carbonyl (C=O) groups excluding carboxylic acids is 1. The molecule has 0 aromatic heterocycles. The third-order valence-corrected chi connectivity index (χ3v) is 3.80. The van der Waals surface area contributed by atoms with Gasteiger partial charge in [0, 0.05) is 6.42 Å². The molecule has 1 unspecified atom stereocenters. The predicted molar refractivity (Wildman–Crippen MR) is 56.6 cm³/mol. The van der Waals surface area contributed by atoms with Gasteiger partial charge in [0.25, 0.3) is 0 Å². The first kappa shape index (κ1) is 9.52. The van der Waals surface area contributed by atoms with Crippen LogP contribution in [0.3, 0.4) is 0 Å². The topological polar surface area (TPSA) is 17.1 Å². The Balaban J connectivity index is 2.52. The van der Waals surface area contributed by atoms with Crippen LogP contribution >= 0.6 is 0 Å². The van der Waals surface area contributed by atoms with E-state index in [4.69, 9.17) is 6.42 Å². The molecule has 1 atom stereocenters. The van der Waals surface area contributed by atoms with E-state index < -0.39 is 0 Å². The first-order valence-corrected chi connectivity index (χ1v) is 5.23. The van der Waals surface area contributed by atoms with Gasteiger partial charge in [0.1, 0.15) is 0 Å². The maximum atomic E-state index is 11.4. The van der Waals surface area contributed by atoms with Crippen LogP contribution in [-0.4, -0.2) is 5.78 Å². The minimum absolute atomic E-state index is 0.0859. The number of hydrogen-bond donors (Lipinski definition) is 0. The third-order valence-electron chi connectivity index (χ3n) is 3.80. The molecule has 1 heteroatoms. The summed E-state index contributed by atoms with van der Waals surface area (Å²) in [6, 6.07) is 0. The molecule has 14 heavy (non-hydrogen) atoms. The fraction of sp³-hybridized carbons (Fsp3) is 0.615. The van der Waals surface area contributed by atoms with Crippen molar-refractivity contribution < 1.29 is 4.79 Å². The lowest BCUT2D eigenvalue weighted by Crippen LogP contribution is -2.26. The predicted octanol–water partition coefficient (Wildman–Crippen LogP) is 2.72. The summed E-state index contributed by atoms with van der Waals surface area (Å²) in [4.78, 5) is 11.4. The van der Waals surface area contributed by atoms with Crippen LogP contribution in [0.5, 0.6) is 0 Å². The van der Waals surface area contributed by atoms with Crippen molar-refractivity contribution >= 4 is 5.78 Å². The maximum absolute atomic E-state index is 11.4. The van der Waals surface area contributed by atoms with Crippen molar-refractivity contribution in [1.29, 1.82) is 0 Å². The van der Waals surface area contributed by atoms with Crippen molar-refractivity contribution in [3.05, 3.63) is 11.6 Å². The average molecular weight is 188 g/mol. The van der Waals surface area contributed by atoms with Crippen molar-refractivity contribution in [3.63, 3.8) is 0 Å². The van der Waals surface area contributed by atoms with Gasteiger partial charge in [-0.05, 0) is 36.3 Å². The Morgan fingerprint density at radius 3 is 2.71 bits per heavy atom.